The van der Waals surface area contributed by atoms with E-state index >= 15 is 0 Å². The minimum Gasteiger partial charge on any atom is -0.396 e. The molecule has 0 atom stereocenters. The van der Waals surface area contributed by atoms with Gasteiger partial charge >= 0.3 is 0 Å². The highest BCUT2D eigenvalue weighted by Crippen LogP contribution is 2.11. The van der Waals surface area contributed by atoms with Gasteiger partial charge in [-0.25, -0.2) is 0 Å². The first-order valence-electron chi connectivity index (χ1n) is 4.50. The van der Waals surface area contributed by atoms with E-state index in [1.54, 1.807) is 0 Å². The molecule has 0 rings (SSSR count). The van der Waals surface area contributed by atoms with Crippen molar-refractivity contribution >= 4 is 5.91 Å². The summed E-state index contributed by atoms with van der Waals surface area (Å²) in [7, 11) is 0. The Morgan fingerprint density at radius 1 is 1.38 bits per heavy atom. The van der Waals surface area contributed by atoms with Crippen LogP contribution in [0.25, 0.3) is 0 Å². The van der Waals surface area contributed by atoms with E-state index in [0.29, 0.717) is 19.4 Å². The second-order valence-corrected chi connectivity index (χ2v) is 3.93. The van der Waals surface area contributed by atoms with Gasteiger partial charge in [0.05, 0.1) is 0 Å². The van der Waals surface area contributed by atoms with E-state index in [2.05, 4.69) is 5.32 Å². The van der Waals surface area contributed by atoms with Crippen LogP contribution < -0.4 is 5.32 Å². The number of carbonyl (C=O) groups is 1. The number of aliphatic hydroxyl groups excluding tert-OH is 2. The first kappa shape index (κ1) is 12.4. The maximum Gasteiger partial charge on any atom is 0.220 e. The zero-order chi connectivity index (χ0) is 10.3. The Morgan fingerprint density at radius 3 is 2.46 bits per heavy atom. The SMILES string of the molecule is CC(C)(CO)CNC(=O)CCCO. The molecule has 0 spiro atoms. The first-order chi connectivity index (χ1) is 6.02. The van der Waals surface area contributed by atoms with Crippen LogP contribution in [0.4, 0.5) is 0 Å². The highest BCUT2D eigenvalue weighted by Gasteiger charge is 2.16. The summed E-state index contributed by atoms with van der Waals surface area (Å²) >= 11 is 0. The Labute approximate surface area is 79.0 Å². The molecule has 3 N–H and O–H groups in total. The topological polar surface area (TPSA) is 69.6 Å². The van der Waals surface area contributed by atoms with Crippen LogP contribution in [0, 0.1) is 5.41 Å². The summed E-state index contributed by atoms with van der Waals surface area (Å²) in [6.45, 7) is 4.30. The molecule has 78 valence electrons. The van der Waals surface area contributed by atoms with Gasteiger partial charge in [0.25, 0.3) is 0 Å². The third kappa shape index (κ3) is 6.54. The Kier molecular flexibility index (Phi) is 5.66. The molecule has 0 aliphatic heterocycles. The predicted molar refractivity (Wildman–Crippen MR) is 50.2 cm³/mol. The maximum atomic E-state index is 11.1. The van der Waals surface area contributed by atoms with Gasteiger partial charge < -0.3 is 15.5 Å². The molecule has 0 bridgehead atoms. The van der Waals surface area contributed by atoms with Crippen LogP contribution in [0.2, 0.25) is 0 Å². The number of nitrogens with one attached hydrogen (secondary N) is 1. The third-order valence-electron chi connectivity index (χ3n) is 1.75. The smallest absolute Gasteiger partial charge is 0.220 e. The molecule has 0 saturated heterocycles. The number of hydrogen-bond donors (Lipinski definition) is 3. The number of amides is 1. The van der Waals surface area contributed by atoms with Crippen LogP contribution in [0.1, 0.15) is 26.7 Å². The van der Waals surface area contributed by atoms with E-state index in [1.165, 1.54) is 0 Å². The Morgan fingerprint density at radius 2 is 2.00 bits per heavy atom. The molecule has 4 heteroatoms. The van der Waals surface area contributed by atoms with Crippen LogP contribution in [-0.4, -0.2) is 35.9 Å². The second-order valence-electron chi connectivity index (χ2n) is 3.93. The Hall–Kier alpha value is -0.610. The summed E-state index contributed by atoms with van der Waals surface area (Å²) in [5.74, 6) is -0.0735. The van der Waals surface area contributed by atoms with Crippen molar-refractivity contribution in [3.63, 3.8) is 0 Å². The van der Waals surface area contributed by atoms with Gasteiger partial charge in [0.15, 0.2) is 0 Å². The van der Waals surface area contributed by atoms with Gasteiger partial charge in [0, 0.05) is 31.6 Å². The lowest BCUT2D eigenvalue weighted by atomic mass is 9.95. The number of aliphatic hydroxyl groups is 2. The van der Waals surface area contributed by atoms with Gasteiger partial charge in [0.2, 0.25) is 5.91 Å². The average Bonchev–Trinajstić information content (AvgIpc) is 2.11. The lowest BCUT2D eigenvalue weighted by Gasteiger charge is -2.21. The van der Waals surface area contributed by atoms with Gasteiger partial charge in [-0.15, -0.1) is 0 Å². The maximum absolute atomic E-state index is 11.1. The minimum absolute atomic E-state index is 0.0385. The summed E-state index contributed by atoms with van der Waals surface area (Å²) in [6, 6.07) is 0. The standard InChI is InChI=1S/C9H19NO3/c1-9(2,7-12)6-10-8(13)4-3-5-11/h11-12H,3-7H2,1-2H3,(H,10,13). The van der Waals surface area contributed by atoms with Crippen molar-refractivity contribution in [1.29, 1.82) is 0 Å². The number of rotatable bonds is 6. The van der Waals surface area contributed by atoms with Crippen LogP contribution in [-0.2, 0) is 4.79 Å². The fourth-order valence-corrected chi connectivity index (χ4v) is 0.722. The lowest BCUT2D eigenvalue weighted by molar-refractivity contribution is -0.121. The monoisotopic (exact) mass is 189 g/mol. The molecule has 0 radical (unpaired) electrons. The fourth-order valence-electron chi connectivity index (χ4n) is 0.722. The Bertz CT molecular complexity index is 157. The molecule has 4 nitrogen and oxygen atoms in total. The van der Waals surface area contributed by atoms with Gasteiger partial charge in [0.1, 0.15) is 0 Å². The van der Waals surface area contributed by atoms with Crippen LogP contribution >= 0.6 is 0 Å². The largest absolute Gasteiger partial charge is 0.396 e. The van der Waals surface area contributed by atoms with Crippen molar-refractivity contribution in [3.05, 3.63) is 0 Å². The molecule has 0 aliphatic rings. The van der Waals surface area contributed by atoms with Crippen LogP contribution in [0.15, 0.2) is 0 Å². The predicted octanol–water partition coefficient (Wildman–Crippen LogP) is -0.106. The average molecular weight is 189 g/mol. The molecule has 13 heavy (non-hydrogen) atoms. The summed E-state index contributed by atoms with van der Waals surface area (Å²) in [5, 5.41) is 20.1. The first-order valence-corrected chi connectivity index (χ1v) is 4.50. The molecule has 0 fully saturated rings. The summed E-state index contributed by atoms with van der Waals surface area (Å²) in [4.78, 5) is 11.1. The van der Waals surface area contributed by atoms with Gasteiger partial charge in [-0.05, 0) is 6.42 Å². The van der Waals surface area contributed by atoms with Crippen molar-refractivity contribution < 1.29 is 15.0 Å². The highest BCUT2D eigenvalue weighted by atomic mass is 16.3. The Balaban J connectivity index is 3.57. The van der Waals surface area contributed by atoms with E-state index in [0.717, 1.165) is 0 Å². The quantitative estimate of drug-likeness (QED) is 0.546. The van der Waals surface area contributed by atoms with Crippen molar-refractivity contribution in [2.45, 2.75) is 26.7 Å². The van der Waals surface area contributed by atoms with Crippen molar-refractivity contribution in [1.82, 2.24) is 5.32 Å². The molecule has 0 aromatic carbocycles. The van der Waals surface area contributed by atoms with Crippen molar-refractivity contribution in [2.24, 2.45) is 5.41 Å². The van der Waals surface area contributed by atoms with Crippen molar-refractivity contribution in [3.8, 4) is 0 Å². The summed E-state index contributed by atoms with van der Waals surface area (Å²) in [5.41, 5.74) is -0.269. The molecule has 1 amide bonds. The normalized spacial score (nSPS) is 11.4. The molecule has 0 heterocycles. The molecule has 0 aromatic rings. The molecular weight excluding hydrogens is 170 g/mol. The van der Waals surface area contributed by atoms with E-state index in [9.17, 15) is 4.79 Å². The second kappa shape index (κ2) is 5.94. The van der Waals surface area contributed by atoms with E-state index in [4.69, 9.17) is 10.2 Å². The van der Waals surface area contributed by atoms with E-state index < -0.39 is 0 Å². The van der Waals surface area contributed by atoms with Gasteiger partial charge in [-0.1, -0.05) is 13.8 Å². The lowest BCUT2D eigenvalue weighted by Crippen LogP contribution is -2.36. The summed E-state index contributed by atoms with van der Waals surface area (Å²) in [6.07, 6.45) is 0.837. The molecule has 0 aliphatic carbocycles. The van der Waals surface area contributed by atoms with Gasteiger partial charge in [-0.2, -0.15) is 0 Å². The number of carbonyl (C=O) groups excluding carboxylic acids is 1. The molecule has 0 unspecified atom stereocenters. The van der Waals surface area contributed by atoms with Crippen LogP contribution in [0.3, 0.4) is 0 Å². The minimum atomic E-state index is -0.269. The molecule has 0 aromatic heterocycles. The zero-order valence-electron chi connectivity index (χ0n) is 8.34. The number of hydrogen-bond acceptors (Lipinski definition) is 3. The molecular formula is C9H19NO3. The third-order valence-corrected chi connectivity index (χ3v) is 1.75. The fraction of sp³-hybridized carbons (Fsp3) is 0.889. The zero-order valence-corrected chi connectivity index (χ0v) is 8.34. The highest BCUT2D eigenvalue weighted by molar-refractivity contribution is 5.75. The molecule has 0 saturated carbocycles. The van der Waals surface area contributed by atoms with E-state index in [-0.39, 0.29) is 24.5 Å². The van der Waals surface area contributed by atoms with E-state index in [1.807, 2.05) is 13.8 Å². The summed E-state index contributed by atoms with van der Waals surface area (Å²) < 4.78 is 0. The van der Waals surface area contributed by atoms with Crippen LogP contribution in [0.5, 0.6) is 0 Å². The van der Waals surface area contributed by atoms with Crippen molar-refractivity contribution in [2.75, 3.05) is 19.8 Å². The van der Waals surface area contributed by atoms with Gasteiger partial charge in [-0.3, -0.25) is 4.79 Å².